The van der Waals surface area contributed by atoms with E-state index in [9.17, 15) is 18.3 Å². The molecular formula is C25H16F3NO. The van der Waals surface area contributed by atoms with Crippen molar-refractivity contribution in [1.82, 2.24) is 4.98 Å². The fraction of sp³-hybridized carbons (Fsp3) is 0.0800. The third-order valence-electron chi connectivity index (χ3n) is 5.44. The van der Waals surface area contributed by atoms with Gasteiger partial charge in [0.05, 0.1) is 17.0 Å². The van der Waals surface area contributed by atoms with Crippen LogP contribution in [0.2, 0.25) is 0 Å². The number of aromatic nitrogens is 1. The number of nitrogens with zero attached hydrogens (tertiary/aromatic N) is 1. The SMILES string of the molecule is OC1c2ccccc2-c2nc(-c3ccccc3C(F)(F)F)cc(-c3ccccc3)c21. The summed E-state index contributed by atoms with van der Waals surface area (Å²) in [6, 6.07) is 23.8. The lowest BCUT2D eigenvalue weighted by molar-refractivity contribution is -0.137. The Morgan fingerprint density at radius 2 is 1.37 bits per heavy atom. The molecule has 1 aromatic heterocycles. The Morgan fingerprint density at radius 3 is 2.10 bits per heavy atom. The van der Waals surface area contributed by atoms with E-state index in [1.165, 1.54) is 12.1 Å². The molecule has 0 fully saturated rings. The minimum atomic E-state index is -4.50. The van der Waals surface area contributed by atoms with Crippen LogP contribution in [0.1, 0.15) is 22.8 Å². The molecule has 1 N–H and O–H groups in total. The molecule has 1 unspecified atom stereocenters. The van der Waals surface area contributed by atoms with Crippen LogP contribution in [0.5, 0.6) is 0 Å². The van der Waals surface area contributed by atoms with Gasteiger partial charge in [-0.3, -0.25) is 0 Å². The third kappa shape index (κ3) is 2.90. The number of aliphatic hydroxyl groups is 1. The van der Waals surface area contributed by atoms with E-state index in [0.29, 0.717) is 22.4 Å². The predicted octanol–water partition coefficient (Wildman–Crippen LogP) is 6.50. The lowest BCUT2D eigenvalue weighted by atomic mass is 9.94. The minimum absolute atomic E-state index is 0.0175. The van der Waals surface area contributed by atoms with Crippen LogP contribution in [0.25, 0.3) is 33.6 Å². The third-order valence-corrected chi connectivity index (χ3v) is 5.44. The van der Waals surface area contributed by atoms with Crippen molar-refractivity contribution in [2.24, 2.45) is 0 Å². The zero-order valence-corrected chi connectivity index (χ0v) is 15.7. The molecule has 0 radical (unpaired) electrons. The summed E-state index contributed by atoms with van der Waals surface area (Å²) in [6.07, 6.45) is -5.38. The number of hydrogen-bond donors (Lipinski definition) is 1. The monoisotopic (exact) mass is 403 g/mol. The fourth-order valence-corrected chi connectivity index (χ4v) is 4.09. The van der Waals surface area contributed by atoms with Crippen molar-refractivity contribution in [1.29, 1.82) is 0 Å². The second kappa shape index (κ2) is 6.82. The quantitative estimate of drug-likeness (QED) is 0.415. The number of alkyl halides is 3. The van der Waals surface area contributed by atoms with Gasteiger partial charge in [-0.1, -0.05) is 72.8 Å². The van der Waals surface area contributed by atoms with Crippen molar-refractivity contribution in [2.45, 2.75) is 12.3 Å². The Labute approximate surface area is 171 Å². The lowest BCUT2D eigenvalue weighted by Gasteiger charge is -2.17. The first kappa shape index (κ1) is 18.6. The molecule has 3 aromatic carbocycles. The van der Waals surface area contributed by atoms with Crippen LogP contribution in [0.3, 0.4) is 0 Å². The van der Waals surface area contributed by atoms with Gasteiger partial charge < -0.3 is 5.11 Å². The van der Waals surface area contributed by atoms with Gasteiger partial charge in [0.15, 0.2) is 0 Å². The molecule has 1 heterocycles. The van der Waals surface area contributed by atoms with Crippen LogP contribution in [0.15, 0.2) is 84.9 Å². The summed E-state index contributed by atoms with van der Waals surface area (Å²) < 4.78 is 41.0. The first-order chi connectivity index (χ1) is 14.4. The summed E-state index contributed by atoms with van der Waals surface area (Å²) in [5.74, 6) is 0. The van der Waals surface area contributed by atoms with E-state index in [4.69, 9.17) is 0 Å². The smallest absolute Gasteiger partial charge is 0.384 e. The van der Waals surface area contributed by atoms with Crippen LogP contribution >= 0.6 is 0 Å². The van der Waals surface area contributed by atoms with Crippen LogP contribution in [0, 0.1) is 0 Å². The molecule has 0 saturated heterocycles. The molecule has 148 valence electrons. The molecule has 0 saturated carbocycles. The van der Waals surface area contributed by atoms with Crippen molar-refractivity contribution in [3.63, 3.8) is 0 Å². The molecule has 0 bridgehead atoms. The van der Waals surface area contributed by atoms with Crippen molar-refractivity contribution in [3.8, 4) is 33.6 Å². The van der Waals surface area contributed by atoms with Gasteiger partial charge in [-0.2, -0.15) is 13.2 Å². The molecule has 1 atom stereocenters. The van der Waals surface area contributed by atoms with Crippen LogP contribution in [-0.2, 0) is 6.18 Å². The summed E-state index contributed by atoms with van der Waals surface area (Å²) in [6.45, 7) is 0. The second-order valence-electron chi connectivity index (χ2n) is 7.22. The second-order valence-corrected chi connectivity index (χ2v) is 7.22. The maximum absolute atomic E-state index is 13.7. The van der Waals surface area contributed by atoms with Crippen LogP contribution in [0.4, 0.5) is 13.2 Å². The molecule has 4 aromatic rings. The standard InChI is InChI=1S/C25H16F3NO/c26-25(27,28)20-13-7-6-12-18(20)21-14-19(15-8-2-1-3-9-15)22-23(29-21)16-10-4-5-11-17(16)24(22)30/h1-14,24,30H. The minimum Gasteiger partial charge on any atom is -0.384 e. The van der Waals surface area contributed by atoms with E-state index in [-0.39, 0.29) is 11.3 Å². The maximum Gasteiger partial charge on any atom is 0.417 e. The van der Waals surface area contributed by atoms with E-state index in [1.807, 2.05) is 54.6 Å². The first-order valence-corrected chi connectivity index (χ1v) is 9.49. The molecule has 1 aliphatic rings. The molecule has 30 heavy (non-hydrogen) atoms. The predicted molar refractivity (Wildman–Crippen MR) is 110 cm³/mol. The normalized spacial score (nSPS) is 15.0. The highest BCUT2D eigenvalue weighted by Crippen LogP contribution is 2.48. The summed E-state index contributed by atoms with van der Waals surface area (Å²) in [5.41, 5.74) is 3.59. The Kier molecular flexibility index (Phi) is 4.22. The number of hydrogen-bond acceptors (Lipinski definition) is 2. The fourth-order valence-electron chi connectivity index (χ4n) is 4.09. The first-order valence-electron chi connectivity index (χ1n) is 9.49. The van der Waals surface area contributed by atoms with E-state index >= 15 is 0 Å². The van der Waals surface area contributed by atoms with Crippen molar-refractivity contribution in [2.75, 3.05) is 0 Å². The summed E-state index contributed by atoms with van der Waals surface area (Å²) in [4.78, 5) is 4.62. The average Bonchev–Trinajstić information content (AvgIpc) is 3.06. The van der Waals surface area contributed by atoms with Gasteiger partial charge in [0.2, 0.25) is 0 Å². The van der Waals surface area contributed by atoms with Crippen molar-refractivity contribution in [3.05, 3.63) is 102 Å². The Hall–Kier alpha value is -3.44. The molecular weight excluding hydrogens is 387 g/mol. The molecule has 0 spiro atoms. The molecule has 5 rings (SSSR count). The number of aliphatic hydroxyl groups excluding tert-OH is 1. The van der Waals surface area contributed by atoms with Gasteiger partial charge in [0.1, 0.15) is 6.10 Å². The lowest BCUT2D eigenvalue weighted by Crippen LogP contribution is -2.08. The summed E-state index contributed by atoms with van der Waals surface area (Å²) >= 11 is 0. The Bertz CT molecular complexity index is 1250. The van der Waals surface area contributed by atoms with Crippen LogP contribution < -0.4 is 0 Å². The highest BCUT2D eigenvalue weighted by molar-refractivity contribution is 5.87. The largest absolute Gasteiger partial charge is 0.417 e. The van der Waals surface area contributed by atoms with E-state index in [2.05, 4.69) is 4.98 Å². The number of pyridine rings is 1. The van der Waals surface area contributed by atoms with E-state index in [0.717, 1.165) is 17.2 Å². The van der Waals surface area contributed by atoms with Crippen molar-refractivity contribution >= 4 is 0 Å². The Balaban J connectivity index is 1.84. The zero-order valence-electron chi connectivity index (χ0n) is 15.7. The highest BCUT2D eigenvalue weighted by Gasteiger charge is 2.36. The Morgan fingerprint density at radius 1 is 0.733 bits per heavy atom. The van der Waals surface area contributed by atoms with Gasteiger partial charge in [-0.25, -0.2) is 4.98 Å². The molecule has 5 heteroatoms. The summed E-state index contributed by atoms with van der Waals surface area (Å²) in [7, 11) is 0. The van der Waals surface area contributed by atoms with Gasteiger partial charge >= 0.3 is 6.18 Å². The number of fused-ring (bicyclic) bond motifs is 3. The maximum atomic E-state index is 13.7. The molecule has 2 nitrogen and oxygen atoms in total. The topological polar surface area (TPSA) is 33.1 Å². The number of rotatable bonds is 2. The molecule has 1 aliphatic carbocycles. The van der Waals surface area contributed by atoms with Crippen LogP contribution in [-0.4, -0.2) is 10.1 Å². The summed E-state index contributed by atoms with van der Waals surface area (Å²) in [5, 5.41) is 11.0. The van der Waals surface area contributed by atoms with Crippen molar-refractivity contribution < 1.29 is 18.3 Å². The van der Waals surface area contributed by atoms with E-state index in [1.54, 1.807) is 12.1 Å². The average molecular weight is 403 g/mol. The van der Waals surface area contributed by atoms with Gasteiger partial charge in [-0.15, -0.1) is 0 Å². The number of benzene rings is 3. The van der Waals surface area contributed by atoms with Gasteiger partial charge in [0.25, 0.3) is 0 Å². The van der Waals surface area contributed by atoms with Gasteiger partial charge in [-0.05, 0) is 28.8 Å². The zero-order chi connectivity index (χ0) is 20.9. The van der Waals surface area contributed by atoms with Gasteiger partial charge in [0, 0.05) is 16.7 Å². The number of halogens is 3. The van der Waals surface area contributed by atoms with E-state index < -0.39 is 17.8 Å². The highest BCUT2D eigenvalue weighted by atomic mass is 19.4. The molecule has 0 aliphatic heterocycles. The molecule has 0 amide bonds.